The van der Waals surface area contributed by atoms with Crippen molar-refractivity contribution in [2.45, 2.75) is 40.8 Å². The Bertz CT molecular complexity index is 377. The van der Waals surface area contributed by atoms with E-state index in [1.54, 1.807) is 0 Å². The van der Waals surface area contributed by atoms with Crippen LogP contribution in [0.5, 0.6) is 0 Å². The van der Waals surface area contributed by atoms with Crippen molar-refractivity contribution in [3.63, 3.8) is 0 Å². The van der Waals surface area contributed by atoms with Gasteiger partial charge in [0.05, 0.1) is 6.61 Å². The molecule has 0 spiro atoms. The third-order valence-electron chi connectivity index (χ3n) is 2.71. The van der Waals surface area contributed by atoms with Gasteiger partial charge >= 0.3 is 0 Å². The van der Waals surface area contributed by atoms with E-state index in [-0.39, 0.29) is 0 Å². The van der Waals surface area contributed by atoms with Gasteiger partial charge in [0.15, 0.2) is 0 Å². The summed E-state index contributed by atoms with van der Waals surface area (Å²) in [4.78, 5) is 0. The summed E-state index contributed by atoms with van der Waals surface area (Å²) in [6.45, 7) is 12.2. The third kappa shape index (κ3) is 7.09. The van der Waals surface area contributed by atoms with Gasteiger partial charge in [-0.25, -0.2) is 0 Å². The van der Waals surface area contributed by atoms with Gasteiger partial charge in [-0.2, -0.15) is 0 Å². The molecule has 0 atom stereocenters. The molecule has 1 aromatic carbocycles. The number of halogens is 1. The Kier molecular flexibility index (Phi) is 7.66. The normalized spacial score (nSPS) is 11.5. The molecule has 0 aliphatic rings. The predicted octanol–water partition coefficient (Wildman–Crippen LogP) is 4.37. The second-order valence-electron chi connectivity index (χ2n) is 5.86. The lowest BCUT2D eigenvalue weighted by atomic mass is 10.1. The van der Waals surface area contributed by atoms with Crippen molar-refractivity contribution in [1.29, 1.82) is 0 Å². The van der Waals surface area contributed by atoms with Crippen LogP contribution in [0, 0.1) is 11.8 Å². The Balaban J connectivity index is 2.45. The topological polar surface area (TPSA) is 21.3 Å². The molecule has 0 aromatic heterocycles. The van der Waals surface area contributed by atoms with Crippen LogP contribution in [0.1, 0.15) is 38.8 Å². The summed E-state index contributed by atoms with van der Waals surface area (Å²) in [5, 5.41) is 3.45. The molecule has 3 heteroatoms. The quantitative estimate of drug-likeness (QED) is 0.765. The fourth-order valence-corrected chi connectivity index (χ4v) is 2.27. The first kappa shape index (κ1) is 16.7. The SMILES string of the molecule is CC(C)CNCc1ccc(COCC(C)C)c(Br)c1. The lowest BCUT2D eigenvalue weighted by molar-refractivity contribution is 0.0967. The Labute approximate surface area is 126 Å². The Morgan fingerprint density at radius 3 is 2.47 bits per heavy atom. The van der Waals surface area contributed by atoms with Gasteiger partial charge in [-0.15, -0.1) is 0 Å². The zero-order valence-electron chi connectivity index (χ0n) is 12.5. The average Bonchev–Trinajstić information content (AvgIpc) is 2.31. The van der Waals surface area contributed by atoms with Crippen molar-refractivity contribution in [1.82, 2.24) is 5.32 Å². The van der Waals surface area contributed by atoms with Crippen molar-refractivity contribution >= 4 is 15.9 Å². The number of hydrogen-bond donors (Lipinski definition) is 1. The molecule has 19 heavy (non-hydrogen) atoms. The first-order valence-electron chi connectivity index (χ1n) is 7.04. The van der Waals surface area contributed by atoms with E-state index in [1.807, 2.05) is 0 Å². The molecular formula is C16H26BrNO. The molecule has 2 nitrogen and oxygen atoms in total. The number of nitrogens with one attached hydrogen (secondary N) is 1. The number of rotatable bonds is 8. The van der Waals surface area contributed by atoms with Gasteiger partial charge < -0.3 is 10.1 Å². The van der Waals surface area contributed by atoms with Crippen molar-refractivity contribution in [3.8, 4) is 0 Å². The molecule has 1 N–H and O–H groups in total. The van der Waals surface area contributed by atoms with Crippen LogP contribution < -0.4 is 5.32 Å². The highest BCUT2D eigenvalue weighted by molar-refractivity contribution is 9.10. The molecule has 0 bridgehead atoms. The maximum atomic E-state index is 5.67. The highest BCUT2D eigenvalue weighted by Gasteiger charge is 2.03. The molecule has 0 amide bonds. The Morgan fingerprint density at radius 2 is 1.89 bits per heavy atom. The van der Waals surface area contributed by atoms with Crippen LogP contribution in [-0.2, 0) is 17.9 Å². The van der Waals surface area contributed by atoms with Crippen molar-refractivity contribution in [2.24, 2.45) is 11.8 Å². The van der Waals surface area contributed by atoms with Gasteiger partial charge in [0.25, 0.3) is 0 Å². The molecule has 0 saturated carbocycles. The second-order valence-corrected chi connectivity index (χ2v) is 6.71. The zero-order chi connectivity index (χ0) is 14.3. The summed E-state index contributed by atoms with van der Waals surface area (Å²) >= 11 is 3.63. The van der Waals surface area contributed by atoms with E-state index >= 15 is 0 Å². The highest BCUT2D eigenvalue weighted by atomic mass is 79.9. The van der Waals surface area contributed by atoms with Gasteiger partial charge in [0.2, 0.25) is 0 Å². The largest absolute Gasteiger partial charge is 0.376 e. The highest BCUT2D eigenvalue weighted by Crippen LogP contribution is 2.20. The Morgan fingerprint density at radius 1 is 1.16 bits per heavy atom. The zero-order valence-corrected chi connectivity index (χ0v) is 14.1. The average molecular weight is 328 g/mol. The molecule has 0 aliphatic carbocycles. The molecular weight excluding hydrogens is 302 g/mol. The van der Waals surface area contributed by atoms with Crippen molar-refractivity contribution in [3.05, 3.63) is 33.8 Å². The summed E-state index contributed by atoms with van der Waals surface area (Å²) < 4.78 is 6.81. The summed E-state index contributed by atoms with van der Waals surface area (Å²) in [5.41, 5.74) is 2.52. The minimum absolute atomic E-state index is 0.582. The lowest BCUT2D eigenvalue weighted by Crippen LogP contribution is -2.18. The van der Waals surface area contributed by atoms with Crippen molar-refractivity contribution < 1.29 is 4.74 Å². The maximum absolute atomic E-state index is 5.67. The summed E-state index contributed by atoms with van der Waals surface area (Å²) in [6.07, 6.45) is 0. The standard InChI is InChI=1S/C16H26BrNO/c1-12(2)8-18-9-14-5-6-15(16(17)7-14)11-19-10-13(3)4/h5-7,12-13,18H,8-11H2,1-4H3. The molecule has 0 aliphatic heterocycles. The molecule has 1 aromatic rings. The first-order chi connectivity index (χ1) is 8.99. The summed E-state index contributed by atoms with van der Waals surface area (Å²) in [6, 6.07) is 6.50. The van der Waals surface area contributed by atoms with Gasteiger partial charge in [0, 0.05) is 17.6 Å². The van der Waals surface area contributed by atoms with Crippen LogP contribution in [0.4, 0.5) is 0 Å². The molecule has 0 saturated heterocycles. The smallest absolute Gasteiger partial charge is 0.0727 e. The Hall–Kier alpha value is -0.380. The molecule has 108 valence electrons. The van der Waals surface area contributed by atoms with Crippen LogP contribution in [-0.4, -0.2) is 13.2 Å². The second kappa shape index (κ2) is 8.72. The van der Waals surface area contributed by atoms with E-state index < -0.39 is 0 Å². The van der Waals surface area contributed by atoms with E-state index in [2.05, 4.69) is 67.1 Å². The molecule has 0 heterocycles. The van der Waals surface area contributed by atoms with Crippen LogP contribution in [0.25, 0.3) is 0 Å². The number of benzene rings is 1. The van der Waals surface area contributed by atoms with Crippen LogP contribution in [0.15, 0.2) is 22.7 Å². The molecule has 0 fully saturated rings. The summed E-state index contributed by atoms with van der Waals surface area (Å²) in [5.74, 6) is 1.27. The molecule has 0 radical (unpaired) electrons. The van der Waals surface area contributed by atoms with Crippen LogP contribution >= 0.6 is 15.9 Å². The van der Waals surface area contributed by atoms with E-state index in [0.717, 1.165) is 24.2 Å². The van der Waals surface area contributed by atoms with Crippen LogP contribution in [0.2, 0.25) is 0 Å². The number of ether oxygens (including phenoxy) is 1. The third-order valence-corrected chi connectivity index (χ3v) is 3.45. The first-order valence-corrected chi connectivity index (χ1v) is 7.84. The van der Waals surface area contributed by atoms with Crippen LogP contribution in [0.3, 0.4) is 0 Å². The van der Waals surface area contributed by atoms with Gasteiger partial charge in [0.1, 0.15) is 0 Å². The van der Waals surface area contributed by atoms with E-state index in [4.69, 9.17) is 4.74 Å². The van der Waals surface area contributed by atoms with E-state index in [1.165, 1.54) is 11.1 Å². The van der Waals surface area contributed by atoms with Gasteiger partial charge in [-0.05, 0) is 35.6 Å². The van der Waals surface area contributed by atoms with Crippen molar-refractivity contribution in [2.75, 3.05) is 13.2 Å². The fraction of sp³-hybridized carbons (Fsp3) is 0.625. The maximum Gasteiger partial charge on any atom is 0.0727 e. The van der Waals surface area contributed by atoms with Gasteiger partial charge in [-0.1, -0.05) is 55.8 Å². The lowest BCUT2D eigenvalue weighted by Gasteiger charge is -2.11. The monoisotopic (exact) mass is 327 g/mol. The molecule has 1 rings (SSSR count). The minimum Gasteiger partial charge on any atom is -0.376 e. The number of hydrogen-bond acceptors (Lipinski definition) is 2. The predicted molar refractivity (Wildman–Crippen MR) is 85.2 cm³/mol. The molecule has 0 unspecified atom stereocenters. The summed E-state index contributed by atoms with van der Waals surface area (Å²) in [7, 11) is 0. The van der Waals surface area contributed by atoms with Gasteiger partial charge in [-0.3, -0.25) is 0 Å². The minimum atomic E-state index is 0.582. The fourth-order valence-electron chi connectivity index (χ4n) is 1.73. The van der Waals surface area contributed by atoms with E-state index in [0.29, 0.717) is 18.4 Å². The van der Waals surface area contributed by atoms with E-state index in [9.17, 15) is 0 Å².